The number of aromatic hydroxyl groups is 1. The number of rotatable bonds is 10. The smallest absolute Gasteiger partial charge is 0.248 e. The summed E-state index contributed by atoms with van der Waals surface area (Å²) in [5.74, 6) is 1.87. The average Bonchev–Trinajstić information content (AvgIpc) is 2.90. The molecular weight excluding hydrogens is 462 g/mol. The maximum atomic E-state index is 12.6. The lowest BCUT2D eigenvalue weighted by Gasteiger charge is -2.13. The predicted molar refractivity (Wildman–Crippen MR) is 140 cm³/mol. The molecule has 0 aliphatic rings. The van der Waals surface area contributed by atoms with Crippen molar-refractivity contribution in [1.82, 2.24) is 0 Å². The highest BCUT2D eigenvalue weighted by molar-refractivity contribution is 6.03. The molecule has 0 saturated heterocycles. The van der Waals surface area contributed by atoms with Crippen LogP contribution in [0.25, 0.3) is 18.2 Å². The molecule has 188 valence electrons. The van der Waals surface area contributed by atoms with Crippen LogP contribution in [0.1, 0.15) is 16.7 Å². The molecule has 0 aliphatic carbocycles. The van der Waals surface area contributed by atoms with E-state index in [1.807, 2.05) is 30.3 Å². The Bertz CT molecular complexity index is 1260. The Kier molecular flexibility index (Phi) is 8.83. The largest absolute Gasteiger partial charge is 0.504 e. The lowest BCUT2D eigenvalue weighted by molar-refractivity contribution is -0.111. The third-order valence-corrected chi connectivity index (χ3v) is 5.23. The van der Waals surface area contributed by atoms with Crippen LogP contribution >= 0.6 is 0 Å². The van der Waals surface area contributed by atoms with Gasteiger partial charge in [-0.3, -0.25) is 4.79 Å². The zero-order valence-electron chi connectivity index (χ0n) is 20.8. The Morgan fingerprint density at radius 2 is 1.36 bits per heavy atom. The molecule has 0 aliphatic heterocycles. The molecule has 0 atom stereocenters. The fraction of sp³-hybridized carbons (Fsp3) is 0.179. The second-order valence-corrected chi connectivity index (χ2v) is 7.51. The second-order valence-electron chi connectivity index (χ2n) is 7.51. The molecule has 3 rings (SSSR count). The van der Waals surface area contributed by atoms with Gasteiger partial charge in [0.25, 0.3) is 0 Å². The van der Waals surface area contributed by atoms with E-state index in [9.17, 15) is 9.90 Å². The van der Waals surface area contributed by atoms with Gasteiger partial charge in [0.2, 0.25) is 11.7 Å². The van der Waals surface area contributed by atoms with Gasteiger partial charge in [-0.05, 0) is 59.2 Å². The second kappa shape index (κ2) is 12.2. The molecule has 0 unspecified atom stereocenters. The van der Waals surface area contributed by atoms with Crippen LogP contribution in [-0.4, -0.2) is 46.6 Å². The van der Waals surface area contributed by atoms with Crippen molar-refractivity contribution in [1.29, 1.82) is 0 Å². The number of phenolic OH excluding ortho intramolecular Hbond substituents is 1. The highest BCUT2D eigenvalue weighted by Crippen LogP contribution is 2.39. The van der Waals surface area contributed by atoms with Crippen LogP contribution in [0, 0.1) is 0 Å². The van der Waals surface area contributed by atoms with Crippen LogP contribution in [0.3, 0.4) is 0 Å². The number of carbonyl (C=O) groups is 1. The molecule has 0 saturated carbocycles. The van der Waals surface area contributed by atoms with Crippen molar-refractivity contribution in [3.63, 3.8) is 0 Å². The number of carbonyl (C=O) groups excluding carboxylic acids is 1. The summed E-state index contributed by atoms with van der Waals surface area (Å²) >= 11 is 0. The van der Waals surface area contributed by atoms with E-state index >= 15 is 0 Å². The summed E-state index contributed by atoms with van der Waals surface area (Å²) in [5, 5.41) is 13.2. The van der Waals surface area contributed by atoms with E-state index in [1.54, 1.807) is 51.7 Å². The van der Waals surface area contributed by atoms with Gasteiger partial charge in [-0.2, -0.15) is 0 Å². The van der Waals surface area contributed by atoms with E-state index in [2.05, 4.69) is 5.32 Å². The normalized spacial score (nSPS) is 10.9. The van der Waals surface area contributed by atoms with E-state index < -0.39 is 0 Å². The molecule has 3 aromatic carbocycles. The minimum atomic E-state index is -0.388. The van der Waals surface area contributed by atoms with E-state index in [0.29, 0.717) is 34.2 Å². The van der Waals surface area contributed by atoms with Gasteiger partial charge in [-0.25, -0.2) is 0 Å². The number of hydrogen-bond acceptors (Lipinski definition) is 7. The van der Waals surface area contributed by atoms with Gasteiger partial charge in [0.05, 0.1) is 41.2 Å². The number of benzene rings is 3. The molecule has 2 N–H and O–H groups in total. The Balaban J connectivity index is 1.86. The summed E-state index contributed by atoms with van der Waals surface area (Å²) in [7, 11) is 7.63. The number of nitrogens with one attached hydrogen (secondary N) is 1. The maximum Gasteiger partial charge on any atom is 0.248 e. The Morgan fingerprint density at radius 1 is 0.722 bits per heavy atom. The van der Waals surface area contributed by atoms with Gasteiger partial charge in [0.15, 0.2) is 23.0 Å². The SMILES string of the molecule is COc1cccc(/C=C/C(=O)Nc2cc(C=Cc3cc(OC)c(OC)c(OC)c3)cc(O)c2OC)c1. The summed E-state index contributed by atoms with van der Waals surface area (Å²) in [4.78, 5) is 12.6. The van der Waals surface area contributed by atoms with Crippen LogP contribution in [0.15, 0.2) is 54.6 Å². The van der Waals surface area contributed by atoms with Crippen molar-refractivity contribution in [2.24, 2.45) is 0 Å². The Hall–Kier alpha value is -4.59. The first-order valence-electron chi connectivity index (χ1n) is 10.9. The molecule has 1 amide bonds. The standard InChI is InChI=1S/C28H29NO7/c1-32-21-8-6-7-18(13-21)11-12-26(31)29-22-14-19(15-23(30)27(22)35-4)9-10-20-16-24(33-2)28(36-5)25(17-20)34-3/h6-17,30H,1-5H3,(H,29,31)/b10-9?,12-11+. The average molecular weight is 492 g/mol. The lowest BCUT2D eigenvalue weighted by Crippen LogP contribution is -2.09. The number of hydrogen-bond donors (Lipinski definition) is 2. The number of amides is 1. The van der Waals surface area contributed by atoms with Crippen LogP contribution in [0.4, 0.5) is 5.69 Å². The van der Waals surface area contributed by atoms with Crippen molar-refractivity contribution in [3.8, 4) is 34.5 Å². The summed E-state index contributed by atoms with van der Waals surface area (Å²) in [6.07, 6.45) is 6.66. The van der Waals surface area contributed by atoms with Gasteiger partial charge in [0.1, 0.15) is 5.75 Å². The highest BCUT2D eigenvalue weighted by atomic mass is 16.5. The van der Waals surface area contributed by atoms with E-state index in [4.69, 9.17) is 23.7 Å². The predicted octanol–water partition coefficient (Wildman–Crippen LogP) is 5.26. The fourth-order valence-corrected chi connectivity index (χ4v) is 3.52. The Morgan fingerprint density at radius 3 is 1.94 bits per heavy atom. The lowest BCUT2D eigenvalue weighted by atomic mass is 10.1. The van der Waals surface area contributed by atoms with Crippen molar-refractivity contribution >= 4 is 29.8 Å². The summed E-state index contributed by atoms with van der Waals surface area (Å²) in [6, 6.07) is 14.2. The number of methoxy groups -OCH3 is 5. The molecule has 0 bridgehead atoms. The van der Waals surface area contributed by atoms with Crippen molar-refractivity contribution < 1.29 is 33.6 Å². The molecule has 0 aromatic heterocycles. The van der Waals surface area contributed by atoms with Gasteiger partial charge in [-0.1, -0.05) is 24.3 Å². The molecule has 36 heavy (non-hydrogen) atoms. The third-order valence-electron chi connectivity index (χ3n) is 5.23. The van der Waals surface area contributed by atoms with E-state index in [1.165, 1.54) is 26.4 Å². The molecule has 0 radical (unpaired) electrons. The number of ether oxygens (including phenoxy) is 5. The van der Waals surface area contributed by atoms with Crippen LogP contribution < -0.4 is 29.0 Å². The summed E-state index contributed by atoms with van der Waals surface area (Å²) < 4.78 is 26.6. The van der Waals surface area contributed by atoms with Crippen molar-refractivity contribution in [2.75, 3.05) is 40.9 Å². The topological polar surface area (TPSA) is 95.5 Å². The minimum Gasteiger partial charge on any atom is -0.504 e. The van der Waals surface area contributed by atoms with Gasteiger partial charge in [-0.15, -0.1) is 0 Å². The molecule has 8 heteroatoms. The zero-order chi connectivity index (χ0) is 26.1. The minimum absolute atomic E-state index is 0.114. The molecular formula is C28H29NO7. The first-order chi connectivity index (χ1) is 17.4. The molecule has 3 aromatic rings. The van der Waals surface area contributed by atoms with E-state index in [0.717, 1.165) is 11.1 Å². The van der Waals surface area contributed by atoms with Crippen LogP contribution in [0.2, 0.25) is 0 Å². The first kappa shape index (κ1) is 26.0. The zero-order valence-corrected chi connectivity index (χ0v) is 20.8. The van der Waals surface area contributed by atoms with Crippen molar-refractivity contribution in [3.05, 3.63) is 71.3 Å². The first-order valence-corrected chi connectivity index (χ1v) is 10.9. The third kappa shape index (κ3) is 6.29. The molecule has 0 spiro atoms. The molecule has 0 heterocycles. The maximum absolute atomic E-state index is 12.6. The van der Waals surface area contributed by atoms with Gasteiger partial charge in [0, 0.05) is 6.08 Å². The Labute approximate surface area is 210 Å². The van der Waals surface area contributed by atoms with Crippen LogP contribution in [-0.2, 0) is 4.79 Å². The van der Waals surface area contributed by atoms with Crippen LogP contribution in [0.5, 0.6) is 34.5 Å². The van der Waals surface area contributed by atoms with Gasteiger partial charge >= 0.3 is 0 Å². The fourth-order valence-electron chi connectivity index (χ4n) is 3.52. The molecule has 0 fully saturated rings. The molecule has 8 nitrogen and oxygen atoms in total. The summed E-state index contributed by atoms with van der Waals surface area (Å²) in [5.41, 5.74) is 2.55. The highest BCUT2D eigenvalue weighted by Gasteiger charge is 2.14. The van der Waals surface area contributed by atoms with Crippen molar-refractivity contribution in [2.45, 2.75) is 0 Å². The monoisotopic (exact) mass is 491 g/mol. The number of phenols is 1. The number of anilines is 1. The quantitative estimate of drug-likeness (QED) is 0.295. The summed E-state index contributed by atoms with van der Waals surface area (Å²) in [6.45, 7) is 0. The van der Waals surface area contributed by atoms with Gasteiger partial charge < -0.3 is 34.1 Å². The van der Waals surface area contributed by atoms with E-state index in [-0.39, 0.29) is 17.4 Å².